The minimum absolute atomic E-state index is 0.104. The van der Waals surface area contributed by atoms with Crippen molar-refractivity contribution < 1.29 is 9.32 Å². The molecule has 0 aromatic carbocycles. The third-order valence-electron chi connectivity index (χ3n) is 3.73. The average Bonchev–Trinajstić information content (AvgIpc) is 3.09. The molecule has 6 nitrogen and oxygen atoms in total. The number of thioether (sulfide) groups is 1. The number of nitrogens with zero attached hydrogens (tertiary/aromatic N) is 3. The molecule has 0 aliphatic rings. The van der Waals surface area contributed by atoms with E-state index in [-0.39, 0.29) is 11.2 Å². The van der Waals surface area contributed by atoms with Crippen molar-refractivity contribution >= 4 is 45.0 Å². The predicted molar refractivity (Wildman–Crippen MR) is 96.7 cm³/mol. The molecule has 0 aliphatic carbocycles. The molecule has 0 radical (unpaired) electrons. The molecule has 0 fully saturated rings. The molecule has 8 heteroatoms. The first kappa shape index (κ1) is 16.9. The molecule has 0 unspecified atom stereocenters. The van der Waals surface area contributed by atoms with Gasteiger partial charge in [-0.05, 0) is 32.8 Å². The Morgan fingerprint density at radius 2 is 2.17 bits per heavy atom. The zero-order valence-corrected chi connectivity index (χ0v) is 15.5. The molecule has 0 bridgehead atoms. The molecular formula is C16H18N4O2S2. The molecule has 0 spiro atoms. The fraction of sp³-hybridized carbons (Fsp3) is 0.375. The fourth-order valence-corrected chi connectivity index (χ4v) is 4.47. The lowest BCUT2D eigenvalue weighted by molar-refractivity contribution is -0.115. The second-order valence-corrected chi connectivity index (χ2v) is 7.86. The van der Waals surface area contributed by atoms with Gasteiger partial charge in [-0.2, -0.15) is 0 Å². The van der Waals surface area contributed by atoms with Crippen molar-refractivity contribution in [2.24, 2.45) is 0 Å². The van der Waals surface area contributed by atoms with Crippen LogP contribution in [-0.4, -0.2) is 26.3 Å². The lowest BCUT2D eigenvalue weighted by atomic mass is 10.2. The van der Waals surface area contributed by atoms with E-state index in [1.165, 1.54) is 22.2 Å². The number of aromatic nitrogens is 3. The van der Waals surface area contributed by atoms with Gasteiger partial charge in [-0.3, -0.25) is 4.79 Å². The summed E-state index contributed by atoms with van der Waals surface area (Å²) in [6.45, 7) is 7.91. The van der Waals surface area contributed by atoms with Crippen LogP contribution in [0.25, 0.3) is 10.2 Å². The first-order valence-electron chi connectivity index (χ1n) is 7.61. The normalized spacial score (nSPS) is 12.5. The van der Waals surface area contributed by atoms with Crippen molar-refractivity contribution in [2.45, 2.75) is 44.4 Å². The monoisotopic (exact) mass is 362 g/mol. The number of carbonyl (C=O) groups excluding carboxylic acids is 1. The van der Waals surface area contributed by atoms with Crippen molar-refractivity contribution in [1.82, 2.24) is 15.1 Å². The standard InChI is InChI=1S/C16H18N4O2S2/c1-5-11(14(21)19-12-6-8(2)22-20-12)24-16-13-9(3)10(4)23-15(13)17-7-18-16/h6-7,11H,5H2,1-4H3,(H,19,20,21)/t11-/m1/s1. The summed E-state index contributed by atoms with van der Waals surface area (Å²) in [7, 11) is 0. The number of amides is 1. The van der Waals surface area contributed by atoms with Crippen LogP contribution in [0.4, 0.5) is 5.82 Å². The number of hydrogen-bond acceptors (Lipinski definition) is 7. The second kappa shape index (κ2) is 6.90. The Hall–Kier alpha value is -1.93. The summed E-state index contributed by atoms with van der Waals surface area (Å²) in [4.78, 5) is 23.5. The highest BCUT2D eigenvalue weighted by Crippen LogP contribution is 2.36. The summed E-state index contributed by atoms with van der Waals surface area (Å²) in [5.74, 6) is 0.993. The quantitative estimate of drug-likeness (QED) is 0.543. The summed E-state index contributed by atoms with van der Waals surface area (Å²) in [5, 5.41) is 8.24. The Kier molecular flexibility index (Phi) is 4.86. The van der Waals surface area contributed by atoms with E-state index in [0.29, 0.717) is 18.0 Å². The van der Waals surface area contributed by atoms with E-state index in [0.717, 1.165) is 15.2 Å². The van der Waals surface area contributed by atoms with Crippen LogP contribution in [0, 0.1) is 20.8 Å². The summed E-state index contributed by atoms with van der Waals surface area (Å²) in [6, 6.07) is 1.70. The van der Waals surface area contributed by atoms with Crippen molar-refractivity contribution in [3.05, 3.63) is 28.6 Å². The van der Waals surface area contributed by atoms with Crippen LogP contribution in [0.3, 0.4) is 0 Å². The van der Waals surface area contributed by atoms with E-state index in [4.69, 9.17) is 4.52 Å². The molecule has 24 heavy (non-hydrogen) atoms. The first-order valence-corrected chi connectivity index (χ1v) is 9.30. The number of nitrogens with one attached hydrogen (secondary N) is 1. The van der Waals surface area contributed by atoms with Gasteiger partial charge < -0.3 is 9.84 Å². The summed E-state index contributed by atoms with van der Waals surface area (Å²) >= 11 is 3.12. The molecule has 1 atom stereocenters. The molecule has 0 saturated carbocycles. The van der Waals surface area contributed by atoms with Gasteiger partial charge in [0.25, 0.3) is 0 Å². The highest BCUT2D eigenvalue weighted by Gasteiger charge is 2.22. The molecule has 3 heterocycles. The number of hydrogen-bond donors (Lipinski definition) is 1. The smallest absolute Gasteiger partial charge is 0.239 e. The second-order valence-electron chi connectivity index (χ2n) is 5.47. The van der Waals surface area contributed by atoms with Gasteiger partial charge in [0.05, 0.1) is 5.25 Å². The molecule has 3 aromatic rings. The van der Waals surface area contributed by atoms with E-state index in [9.17, 15) is 4.79 Å². The number of rotatable bonds is 5. The minimum atomic E-state index is -0.264. The summed E-state index contributed by atoms with van der Waals surface area (Å²) < 4.78 is 4.98. The molecule has 0 aliphatic heterocycles. The van der Waals surface area contributed by atoms with Crippen LogP contribution in [0.5, 0.6) is 0 Å². The molecule has 3 rings (SSSR count). The molecule has 0 saturated heterocycles. The Balaban J connectivity index is 1.84. The van der Waals surface area contributed by atoms with Crippen molar-refractivity contribution in [3.63, 3.8) is 0 Å². The third kappa shape index (κ3) is 3.29. The van der Waals surface area contributed by atoms with Gasteiger partial charge in [0, 0.05) is 16.3 Å². The van der Waals surface area contributed by atoms with E-state index in [1.54, 1.807) is 30.7 Å². The maximum absolute atomic E-state index is 12.5. The van der Waals surface area contributed by atoms with Crippen LogP contribution < -0.4 is 5.32 Å². The summed E-state index contributed by atoms with van der Waals surface area (Å²) in [6.07, 6.45) is 2.24. The highest BCUT2D eigenvalue weighted by molar-refractivity contribution is 8.00. The first-order chi connectivity index (χ1) is 11.5. The maximum Gasteiger partial charge on any atom is 0.239 e. The molecular weight excluding hydrogens is 344 g/mol. The molecule has 3 aromatic heterocycles. The van der Waals surface area contributed by atoms with E-state index in [1.807, 2.05) is 6.92 Å². The lowest BCUT2D eigenvalue weighted by Crippen LogP contribution is -2.24. The molecule has 1 amide bonds. The number of carbonyl (C=O) groups is 1. The third-order valence-corrected chi connectivity index (χ3v) is 6.21. The Morgan fingerprint density at radius 3 is 2.83 bits per heavy atom. The Labute approximate surface area is 148 Å². The molecule has 1 N–H and O–H groups in total. The predicted octanol–water partition coefficient (Wildman–Crippen LogP) is 4.11. The van der Waals surface area contributed by atoms with Gasteiger partial charge >= 0.3 is 0 Å². The van der Waals surface area contributed by atoms with E-state index >= 15 is 0 Å². The minimum Gasteiger partial charge on any atom is -0.360 e. The Bertz CT molecular complexity index is 887. The zero-order valence-electron chi connectivity index (χ0n) is 13.9. The number of fused-ring (bicyclic) bond motifs is 1. The van der Waals surface area contributed by atoms with E-state index in [2.05, 4.69) is 34.3 Å². The molecule has 126 valence electrons. The van der Waals surface area contributed by atoms with Crippen LogP contribution in [0.1, 0.15) is 29.5 Å². The Morgan fingerprint density at radius 1 is 1.38 bits per heavy atom. The van der Waals surface area contributed by atoms with E-state index < -0.39 is 0 Å². The highest BCUT2D eigenvalue weighted by atomic mass is 32.2. The largest absolute Gasteiger partial charge is 0.360 e. The number of anilines is 1. The van der Waals surface area contributed by atoms with Crippen LogP contribution in [0.15, 0.2) is 21.9 Å². The van der Waals surface area contributed by atoms with Crippen LogP contribution in [0.2, 0.25) is 0 Å². The van der Waals surface area contributed by atoms with Crippen molar-refractivity contribution in [3.8, 4) is 0 Å². The van der Waals surface area contributed by atoms with Crippen molar-refractivity contribution in [1.29, 1.82) is 0 Å². The van der Waals surface area contributed by atoms with Crippen molar-refractivity contribution in [2.75, 3.05) is 5.32 Å². The van der Waals surface area contributed by atoms with Gasteiger partial charge in [0.1, 0.15) is 21.9 Å². The maximum atomic E-state index is 12.5. The lowest BCUT2D eigenvalue weighted by Gasteiger charge is -2.13. The SMILES string of the molecule is CC[C@@H](Sc1ncnc2sc(C)c(C)c12)C(=O)Nc1cc(C)on1. The topological polar surface area (TPSA) is 80.9 Å². The summed E-state index contributed by atoms with van der Waals surface area (Å²) in [5.41, 5.74) is 1.18. The van der Waals surface area contributed by atoms with Gasteiger partial charge in [-0.1, -0.05) is 23.8 Å². The number of aryl methyl sites for hydroxylation is 3. The van der Waals surface area contributed by atoms with Gasteiger partial charge in [-0.25, -0.2) is 9.97 Å². The van der Waals surface area contributed by atoms with Gasteiger partial charge in [0.2, 0.25) is 5.91 Å². The fourth-order valence-electron chi connectivity index (χ4n) is 2.33. The van der Waals surface area contributed by atoms with Gasteiger partial charge in [0.15, 0.2) is 5.82 Å². The number of thiophene rings is 1. The van der Waals surface area contributed by atoms with Gasteiger partial charge in [-0.15, -0.1) is 11.3 Å². The zero-order chi connectivity index (χ0) is 17.3. The van der Waals surface area contributed by atoms with Crippen LogP contribution >= 0.6 is 23.1 Å². The average molecular weight is 362 g/mol. The van der Waals surface area contributed by atoms with Crippen LogP contribution in [-0.2, 0) is 4.79 Å².